The highest BCUT2D eigenvalue weighted by Gasteiger charge is 2.43. The van der Waals surface area contributed by atoms with E-state index in [-0.39, 0.29) is 23.4 Å². The van der Waals surface area contributed by atoms with Crippen molar-refractivity contribution in [3.63, 3.8) is 0 Å². The number of esters is 1. The van der Waals surface area contributed by atoms with Gasteiger partial charge in [-0.3, -0.25) is 9.69 Å². The minimum atomic E-state index is -0.280. The minimum absolute atomic E-state index is 0.111. The van der Waals surface area contributed by atoms with Gasteiger partial charge in [-0.15, -0.1) is 0 Å². The number of carbonyl (C=O) groups excluding carboxylic acids is 1. The van der Waals surface area contributed by atoms with Gasteiger partial charge in [0.25, 0.3) is 0 Å². The van der Waals surface area contributed by atoms with Crippen molar-refractivity contribution in [1.82, 2.24) is 4.90 Å². The number of fused-ring (bicyclic) bond motifs is 3. The van der Waals surface area contributed by atoms with Gasteiger partial charge in [0.15, 0.2) is 0 Å². The van der Waals surface area contributed by atoms with Gasteiger partial charge in [-0.1, -0.05) is 30.3 Å². The van der Waals surface area contributed by atoms with E-state index in [0.717, 1.165) is 44.6 Å². The summed E-state index contributed by atoms with van der Waals surface area (Å²) in [5.41, 5.74) is 7.68. The second-order valence-electron chi connectivity index (χ2n) is 9.99. The molecule has 3 aliphatic rings. The zero-order chi connectivity index (χ0) is 22.5. The molecule has 3 aliphatic heterocycles. The van der Waals surface area contributed by atoms with Crippen LogP contribution in [0.25, 0.3) is 0 Å². The van der Waals surface area contributed by atoms with Gasteiger partial charge in [0.1, 0.15) is 11.4 Å². The van der Waals surface area contributed by atoms with Gasteiger partial charge in [0.2, 0.25) is 0 Å². The molecule has 0 amide bonds. The number of likely N-dealkylation sites (tertiary alicyclic amines) is 1. The van der Waals surface area contributed by atoms with Crippen LogP contribution in [0, 0.1) is 19.8 Å². The Bertz CT molecular complexity index is 1040. The molecule has 2 aromatic rings. The number of nitrogens with one attached hydrogen (secondary N) is 1. The molecule has 5 rings (SSSR count). The van der Waals surface area contributed by atoms with E-state index in [0.29, 0.717) is 6.54 Å². The summed E-state index contributed by atoms with van der Waals surface area (Å²) in [6.45, 7) is 10.1. The van der Waals surface area contributed by atoms with E-state index in [1.165, 1.54) is 40.6 Å². The Morgan fingerprint density at radius 3 is 2.75 bits per heavy atom. The standard InChI is InChI=1S/C27H34N2O3/c1-17-18(2)25-22(21-10-12-28-24(17)21)14-27(3,32-25)16-29-13-11-20(19-8-6-5-7-9-19)23(15-29)26(30)31-4/h5-9,20,23,28H,10-16H2,1-4H3. The monoisotopic (exact) mass is 434 g/mol. The van der Waals surface area contributed by atoms with Crippen LogP contribution in [0.15, 0.2) is 30.3 Å². The van der Waals surface area contributed by atoms with Crippen LogP contribution < -0.4 is 10.1 Å². The Labute approximate surface area is 191 Å². The molecule has 3 unspecified atom stereocenters. The molecule has 0 aliphatic carbocycles. The number of hydrogen-bond acceptors (Lipinski definition) is 5. The van der Waals surface area contributed by atoms with Crippen LogP contribution in [0.2, 0.25) is 0 Å². The fourth-order valence-electron chi connectivity index (χ4n) is 6.12. The molecule has 0 saturated carbocycles. The Morgan fingerprint density at radius 2 is 2.00 bits per heavy atom. The first-order chi connectivity index (χ1) is 15.4. The summed E-state index contributed by atoms with van der Waals surface area (Å²) in [5.74, 6) is 1.03. The molecule has 0 bridgehead atoms. The second-order valence-corrected chi connectivity index (χ2v) is 9.99. The number of ether oxygens (including phenoxy) is 2. The van der Waals surface area contributed by atoms with E-state index in [9.17, 15) is 4.79 Å². The number of nitrogens with zero attached hydrogens (tertiary/aromatic N) is 1. The molecule has 0 spiro atoms. The number of rotatable bonds is 4. The fourth-order valence-corrected chi connectivity index (χ4v) is 6.12. The number of carbonyl (C=O) groups is 1. The molecule has 0 radical (unpaired) electrons. The molecule has 3 atom stereocenters. The van der Waals surface area contributed by atoms with E-state index < -0.39 is 0 Å². The lowest BCUT2D eigenvalue weighted by Gasteiger charge is -2.40. The third kappa shape index (κ3) is 3.57. The average Bonchev–Trinajstić information content (AvgIpc) is 3.42. The molecule has 1 fully saturated rings. The van der Waals surface area contributed by atoms with Crippen molar-refractivity contribution < 1.29 is 14.3 Å². The first-order valence-electron chi connectivity index (χ1n) is 11.8. The number of piperidine rings is 1. The van der Waals surface area contributed by atoms with Gasteiger partial charge in [-0.05, 0) is 68.3 Å². The third-order valence-electron chi connectivity index (χ3n) is 7.78. The quantitative estimate of drug-likeness (QED) is 0.730. The van der Waals surface area contributed by atoms with Crippen LogP contribution in [0.1, 0.15) is 47.1 Å². The highest BCUT2D eigenvalue weighted by Crippen LogP contribution is 2.47. The van der Waals surface area contributed by atoms with E-state index >= 15 is 0 Å². The maximum Gasteiger partial charge on any atom is 0.310 e. The molecular formula is C27H34N2O3. The SMILES string of the molecule is COC(=O)C1CN(CC2(C)Cc3c4c(c(C)c(C)c3O2)NCC4)CCC1c1ccccc1. The molecule has 170 valence electrons. The lowest BCUT2D eigenvalue weighted by molar-refractivity contribution is -0.148. The molecule has 2 aromatic carbocycles. The summed E-state index contributed by atoms with van der Waals surface area (Å²) < 4.78 is 11.9. The van der Waals surface area contributed by atoms with E-state index in [4.69, 9.17) is 9.47 Å². The summed E-state index contributed by atoms with van der Waals surface area (Å²) in [6.07, 6.45) is 2.95. The van der Waals surface area contributed by atoms with Gasteiger partial charge in [-0.25, -0.2) is 0 Å². The van der Waals surface area contributed by atoms with Crippen LogP contribution in [-0.2, 0) is 22.4 Å². The fraction of sp³-hybridized carbons (Fsp3) is 0.519. The largest absolute Gasteiger partial charge is 0.485 e. The first-order valence-corrected chi connectivity index (χ1v) is 11.8. The molecule has 1 saturated heterocycles. The van der Waals surface area contributed by atoms with Crippen molar-refractivity contribution >= 4 is 11.7 Å². The van der Waals surface area contributed by atoms with Gasteiger partial charge in [0, 0.05) is 37.3 Å². The molecule has 5 heteroatoms. The molecule has 3 heterocycles. The number of hydrogen-bond donors (Lipinski definition) is 1. The van der Waals surface area contributed by atoms with Crippen molar-refractivity contribution in [3.8, 4) is 5.75 Å². The Morgan fingerprint density at radius 1 is 1.22 bits per heavy atom. The highest BCUT2D eigenvalue weighted by atomic mass is 16.5. The highest BCUT2D eigenvalue weighted by molar-refractivity contribution is 5.74. The lowest BCUT2D eigenvalue weighted by Crippen LogP contribution is -2.50. The zero-order valence-electron chi connectivity index (χ0n) is 19.7. The van der Waals surface area contributed by atoms with Gasteiger partial charge >= 0.3 is 5.97 Å². The van der Waals surface area contributed by atoms with Crippen molar-refractivity contribution in [2.45, 2.75) is 51.6 Å². The number of benzene rings is 2. The van der Waals surface area contributed by atoms with Crippen molar-refractivity contribution in [1.29, 1.82) is 0 Å². The maximum atomic E-state index is 12.7. The van der Waals surface area contributed by atoms with Crippen LogP contribution in [-0.4, -0.2) is 49.8 Å². The predicted octanol–water partition coefficient (Wildman–Crippen LogP) is 4.24. The molecule has 1 N–H and O–H groups in total. The Balaban J connectivity index is 1.35. The van der Waals surface area contributed by atoms with Crippen LogP contribution >= 0.6 is 0 Å². The van der Waals surface area contributed by atoms with Crippen LogP contribution in [0.3, 0.4) is 0 Å². The lowest BCUT2D eigenvalue weighted by atomic mass is 9.80. The Kier molecular flexibility index (Phi) is 5.40. The zero-order valence-corrected chi connectivity index (χ0v) is 19.7. The van der Waals surface area contributed by atoms with E-state index in [2.05, 4.69) is 55.3 Å². The van der Waals surface area contributed by atoms with E-state index in [1.54, 1.807) is 0 Å². The normalized spacial score (nSPS) is 26.8. The van der Waals surface area contributed by atoms with Gasteiger partial charge in [-0.2, -0.15) is 0 Å². The minimum Gasteiger partial charge on any atom is -0.485 e. The average molecular weight is 435 g/mol. The molecule has 0 aromatic heterocycles. The summed E-state index contributed by atoms with van der Waals surface area (Å²) in [5, 5.41) is 3.58. The van der Waals surface area contributed by atoms with E-state index in [1.807, 2.05) is 6.07 Å². The van der Waals surface area contributed by atoms with Crippen molar-refractivity contribution in [2.24, 2.45) is 5.92 Å². The van der Waals surface area contributed by atoms with Crippen LogP contribution in [0.5, 0.6) is 5.75 Å². The van der Waals surface area contributed by atoms with Gasteiger partial charge < -0.3 is 14.8 Å². The van der Waals surface area contributed by atoms with Crippen LogP contribution in [0.4, 0.5) is 5.69 Å². The summed E-state index contributed by atoms with van der Waals surface area (Å²) >= 11 is 0. The summed E-state index contributed by atoms with van der Waals surface area (Å²) in [7, 11) is 1.50. The van der Waals surface area contributed by atoms with Crippen molar-refractivity contribution in [2.75, 3.05) is 38.6 Å². The molecule has 5 nitrogen and oxygen atoms in total. The number of anilines is 1. The topological polar surface area (TPSA) is 50.8 Å². The molecular weight excluding hydrogens is 400 g/mol. The van der Waals surface area contributed by atoms with Crippen molar-refractivity contribution in [3.05, 3.63) is 58.1 Å². The number of methoxy groups -OCH3 is 1. The summed E-state index contributed by atoms with van der Waals surface area (Å²) in [6, 6.07) is 10.4. The third-order valence-corrected chi connectivity index (χ3v) is 7.78. The second kappa shape index (κ2) is 8.11. The summed E-state index contributed by atoms with van der Waals surface area (Å²) in [4.78, 5) is 15.1. The Hall–Kier alpha value is -2.53. The predicted molar refractivity (Wildman–Crippen MR) is 127 cm³/mol. The first kappa shape index (κ1) is 21.3. The smallest absolute Gasteiger partial charge is 0.310 e. The van der Waals surface area contributed by atoms with Gasteiger partial charge in [0.05, 0.1) is 13.0 Å². The molecule has 32 heavy (non-hydrogen) atoms. The maximum absolute atomic E-state index is 12.7.